The number of hydrogen-bond donors (Lipinski definition) is 1. The number of fused-ring (bicyclic) bond motifs is 1. The largest absolute Gasteiger partial charge is 0.573 e. The Hall–Kier alpha value is -3.24. The van der Waals surface area contributed by atoms with Gasteiger partial charge >= 0.3 is 12.0 Å². The summed E-state index contributed by atoms with van der Waals surface area (Å²) in [6.45, 7) is 1.74. The standard InChI is InChI=1S/C24H21F3O4/c1-2-3-4-6-16-9-11-19(22(14-16)31-24(25,26)27)20-15-18-10-8-17(7-5-12-28)13-21(18)30-23(20)29/h8-11,13-15,28H,2-4,6,12H2,1H3. The number of aliphatic hydroxyl groups is 1. The highest BCUT2D eigenvalue weighted by atomic mass is 19.4. The van der Waals surface area contributed by atoms with Crippen LogP contribution in [0.5, 0.6) is 5.75 Å². The van der Waals surface area contributed by atoms with Crippen LogP contribution >= 0.6 is 0 Å². The van der Waals surface area contributed by atoms with Crippen molar-refractivity contribution in [1.29, 1.82) is 0 Å². The summed E-state index contributed by atoms with van der Waals surface area (Å²) >= 11 is 0. The number of benzene rings is 2. The van der Waals surface area contributed by atoms with Crippen molar-refractivity contribution in [2.75, 3.05) is 6.61 Å². The molecule has 4 nitrogen and oxygen atoms in total. The van der Waals surface area contributed by atoms with E-state index < -0.39 is 17.7 Å². The number of alkyl halides is 3. The molecule has 0 saturated heterocycles. The average molecular weight is 430 g/mol. The van der Waals surface area contributed by atoms with Crippen LogP contribution in [0.2, 0.25) is 0 Å². The van der Waals surface area contributed by atoms with E-state index in [4.69, 9.17) is 9.52 Å². The molecule has 0 amide bonds. The summed E-state index contributed by atoms with van der Waals surface area (Å²) in [5.41, 5.74) is 0.680. The fourth-order valence-electron chi connectivity index (χ4n) is 3.25. The predicted octanol–water partition coefficient (Wildman–Crippen LogP) is 5.44. The molecule has 3 aromatic rings. The Kier molecular flexibility index (Phi) is 7.03. The van der Waals surface area contributed by atoms with Gasteiger partial charge in [-0.1, -0.05) is 43.7 Å². The number of ether oxygens (including phenoxy) is 1. The number of rotatable bonds is 6. The van der Waals surface area contributed by atoms with E-state index in [1.54, 1.807) is 18.2 Å². The van der Waals surface area contributed by atoms with Gasteiger partial charge < -0.3 is 14.3 Å². The van der Waals surface area contributed by atoms with E-state index in [9.17, 15) is 18.0 Å². The molecule has 1 aromatic heterocycles. The first-order chi connectivity index (χ1) is 14.8. The fourth-order valence-corrected chi connectivity index (χ4v) is 3.25. The molecule has 0 radical (unpaired) electrons. The molecule has 0 spiro atoms. The van der Waals surface area contributed by atoms with Crippen molar-refractivity contribution in [1.82, 2.24) is 0 Å². The van der Waals surface area contributed by atoms with Gasteiger partial charge in [0, 0.05) is 16.5 Å². The quantitative estimate of drug-likeness (QED) is 0.322. The third-order valence-corrected chi connectivity index (χ3v) is 4.68. The van der Waals surface area contributed by atoms with Crippen molar-refractivity contribution in [2.24, 2.45) is 0 Å². The van der Waals surface area contributed by atoms with Crippen LogP contribution in [-0.4, -0.2) is 18.1 Å². The molecule has 31 heavy (non-hydrogen) atoms. The lowest BCUT2D eigenvalue weighted by Gasteiger charge is -2.15. The topological polar surface area (TPSA) is 59.7 Å². The molecule has 0 atom stereocenters. The van der Waals surface area contributed by atoms with Crippen LogP contribution in [0.1, 0.15) is 37.3 Å². The van der Waals surface area contributed by atoms with Crippen LogP contribution < -0.4 is 10.4 Å². The first kappa shape index (κ1) is 22.4. The summed E-state index contributed by atoms with van der Waals surface area (Å²) in [5.74, 6) is 4.77. The van der Waals surface area contributed by atoms with Gasteiger partial charge in [-0.05, 0) is 48.7 Å². The summed E-state index contributed by atoms with van der Waals surface area (Å²) in [7, 11) is 0. The molecule has 0 bridgehead atoms. The SMILES string of the molecule is CCCCCc1ccc(-c2cc3ccc(C#CCO)cc3oc2=O)c(OC(F)(F)F)c1. The van der Waals surface area contributed by atoms with Gasteiger partial charge in [-0.3, -0.25) is 0 Å². The lowest BCUT2D eigenvalue weighted by atomic mass is 10.00. The molecule has 0 saturated carbocycles. The Morgan fingerprint density at radius 3 is 2.58 bits per heavy atom. The van der Waals surface area contributed by atoms with Gasteiger partial charge in [0.15, 0.2) is 0 Å². The molecule has 7 heteroatoms. The van der Waals surface area contributed by atoms with E-state index in [0.29, 0.717) is 22.9 Å². The lowest BCUT2D eigenvalue weighted by Crippen LogP contribution is -2.18. The second-order valence-corrected chi connectivity index (χ2v) is 7.00. The Morgan fingerprint density at radius 2 is 1.87 bits per heavy atom. The Bertz CT molecular complexity index is 1180. The maximum atomic E-state index is 13.0. The molecule has 0 aliphatic heterocycles. The molecule has 1 N–H and O–H groups in total. The minimum Gasteiger partial charge on any atom is -0.422 e. The first-order valence-electron chi connectivity index (χ1n) is 9.87. The van der Waals surface area contributed by atoms with Gasteiger partial charge in [0.2, 0.25) is 0 Å². The molecular weight excluding hydrogens is 409 g/mol. The van der Waals surface area contributed by atoms with E-state index in [1.807, 2.05) is 6.92 Å². The van der Waals surface area contributed by atoms with Gasteiger partial charge in [0.05, 0.1) is 5.56 Å². The first-order valence-corrected chi connectivity index (χ1v) is 9.87. The summed E-state index contributed by atoms with van der Waals surface area (Å²) in [6.07, 6.45) is -1.47. The highest BCUT2D eigenvalue weighted by Gasteiger charge is 2.32. The van der Waals surface area contributed by atoms with Gasteiger partial charge in [-0.15, -0.1) is 13.2 Å². The average Bonchev–Trinajstić information content (AvgIpc) is 2.71. The van der Waals surface area contributed by atoms with Gasteiger partial charge in [0.25, 0.3) is 0 Å². The second-order valence-electron chi connectivity index (χ2n) is 7.00. The molecule has 0 unspecified atom stereocenters. The Balaban J connectivity index is 2.07. The number of hydrogen-bond acceptors (Lipinski definition) is 4. The Morgan fingerprint density at radius 1 is 1.06 bits per heavy atom. The van der Waals surface area contributed by atoms with Crippen molar-refractivity contribution < 1.29 is 27.4 Å². The van der Waals surface area contributed by atoms with Gasteiger partial charge in [-0.2, -0.15) is 0 Å². The van der Waals surface area contributed by atoms with Crippen molar-refractivity contribution in [3.63, 3.8) is 0 Å². The van der Waals surface area contributed by atoms with Crippen LogP contribution in [0.15, 0.2) is 51.7 Å². The molecule has 162 valence electrons. The maximum absolute atomic E-state index is 13.0. The van der Waals surface area contributed by atoms with Crippen molar-refractivity contribution >= 4 is 11.0 Å². The lowest BCUT2D eigenvalue weighted by molar-refractivity contribution is -0.274. The highest BCUT2D eigenvalue weighted by molar-refractivity contribution is 5.84. The fraction of sp³-hybridized carbons (Fsp3) is 0.292. The van der Waals surface area contributed by atoms with E-state index in [1.165, 1.54) is 24.3 Å². The zero-order valence-corrected chi connectivity index (χ0v) is 16.9. The highest BCUT2D eigenvalue weighted by Crippen LogP contribution is 2.35. The summed E-state index contributed by atoms with van der Waals surface area (Å²) < 4.78 is 48.6. The predicted molar refractivity (Wildman–Crippen MR) is 112 cm³/mol. The minimum atomic E-state index is -4.89. The van der Waals surface area contributed by atoms with Crippen LogP contribution in [0, 0.1) is 11.8 Å². The smallest absolute Gasteiger partial charge is 0.422 e. The molecule has 1 heterocycles. The zero-order chi connectivity index (χ0) is 22.4. The normalized spacial score (nSPS) is 11.3. The minimum absolute atomic E-state index is 0.0105. The molecular formula is C24H21F3O4. The van der Waals surface area contributed by atoms with Crippen molar-refractivity contribution in [3.8, 4) is 28.7 Å². The number of aliphatic hydroxyl groups excluding tert-OH is 1. The Labute approximate surface area is 177 Å². The molecule has 2 aromatic carbocycles. The summed E-state index contributed by atoms with van der Waals surface area (Å²) in [4.78, 5) is 12.6. The maximum Gasteiger partial charge on any atom is 0.573 e. The van der Waals surface area contributed by atoms with Crippen LogP contribution in [0.3, 0.4) is 0 Å². The molecule has 0 fully saturated rings. The number of unbranched alkanes of at least 4 members (excludes halogenated alkanes) is 2. The number of halogens is 3. The van der Waals surface area contributed by atoms with E-state index in [-0.39, 0.29) is 23.3 Å². The van der Waals surface area contributed by atoms with Crippen LogP contribution in [0.25, 0.3) is 22.1 Å². The third-order valence-electron chi connectivity index (χ3n) is 4.68. The van der Waals surface area contributed by atoms with E-state index >= 15 is 0 Å². The van der Waals surface area contributed by atoms with Crippen molar-refractivity contribution in [2.45, 2.75) is 39.0 Å². The molecule has 3 rings (SSSR count). The van der Waals surface area contributed by atoms with Crippen molar-refractivity contribution in [3.05, 3.63) is 64.0 Å². The second kappa shape index (κ2) is 9.71. The van der Waals surface area contributed by atoms with E-state index in [0.717, 1.165) is 19.3 Å². The van der Waals surface area contributed by atoms with E-state index in [2.05, 4.69) is 16.6 Å². The van der Waals surface area contributed by atoms with Crippen LogP contribution in [0.4, 0.5) is 13.2 Å². The van der Waals surface area contributed by atoms with Crippen LogP contribution in [-0.2, 0) is 6.42 Å². The molecule has 0 aliphatic rings. The zero-order valence-electron chi connectivity index (χ0n) is 16.9. The summed E-state index contributed by atoms with van der Waals surface area (Å²) in [5, 5.41) is 9.32. The molecule has 0 aliphatic carbocycles. The third kappa shape index (κ3) is 5.89. The van der Waals surface area contributed by atoms with Gasteiger partial charge in [-0.25, -0.2) is 4.79 Å². The number of aryl methyl sites for hydroxylation is 1. The van der Waals surface area contributed by atoms with Gasteiger partial charge in [0.1, 0.15) is 17.9 Å². The summed E-state index contributed by atoms with van der Waals surface area (Å²) in [6, 6.07) is 10.8. The monoisotopic (exact) mass is 430 g/mol.